The lowest BCUT2D eigenvalue weighted by molar-refractivity contribution is 0.157. The predicted molar refractivity (Wildman–Crippen MR) is 205 cm³/mol. The lowest BCUT2D eigenvalue weighted by atomic mass is 9.65. The summed E-state index contributed by atoms with van der Waals surface area (Å²) < 4.78 is 0. The number of rotatable bonds is 19. The quantitative estimate of drug-likeness (QED) is 0.0978. The van der Waals surface area contributed by atoms with E-state index in [4.69, 9.17) is 13.2 Å². The van der Waals surface area contributed by atoms with Gasteiger partial charge in [-0.25, -0.2) is 0 Å². The molecule has 3 nitrogen and oxygen atoms in total. The molecule has 0 amide bonds. The van der Waals surface area contributed by atoms with E-state index in [1.165, 1.54) is 56.9 Å². The number of allylic oxidation sites excluding steroid dienone is 2. The van der Waals surface area contributed by atoms with E-state index in [1.807, 2.05) is 6.08 Å². The Morgan fingerprint density at radius 1 is 0.891 bits per heavy atom. The van der Waals surface area contributed by atoms with E-state index in [0.29, 0.717) is 29.7 Å². The maximum Gasteiger partial charge on any atom is 0.0525 e. The second-order valence-electron chi connectivity index (χ2n) is 16.5. The van der Waals surface area contributed by atoms with Gasteiger partial charge < -0.3 is 16.0 Å². The SMILES string of the molecule is C=CCNC(=C)C(=C)C(CCCC)NC(=C)C1C(C(=C)C(NC(=C)C)C2(C)CCCCC2)CC2C1C2(C)C.CCCC(C)C(C)C. The molecule has 0 heterocycles. The summed E-state index contributed by atoms with van der Waals surface area (Å²) in [5, 5.41) is 11.1. The molecule has 7 atom stereocenters. The highest BCUT2D eigenvalue weighted by Gasteiger charge is 2.68. The Labute approximate surface area is 287 Å². The molecule has 0 bridgehead atoms. The molecule has 0 radical (unpaired) electrons. The van der Waals surface area contributed by atoms with Gasteiger partial charge in [0.05, 0.1) is 12.1 Å². The van der Waals surface area contributed by atoms with Crippen LogP contribution in [-0.2, 0) is 0 Å². The Morgan fingerprint density at radius 3 is 2.02 bits per heavy atom. The third-order valence-electron chi connectivity index (χ3n) is 12.2. The van der Waals surface area contributed by atoms with Gasteiger partial charge in [-0.05, 0) is 78.6 Å². The molecule has 3 fully saturated rings. The third-order valence-corrected chi connectivity index (χ3v) is 12.2. The second kappa shape index (κ2) is 17.8. The number of fused-ring (bicyclic) bond motifs is 1. The fourth-order valence-electron chi connectivity index (χ4n) is 8.65. The molecule has 3 saturated carbocycles. The first kappa shape index (κ1) is 40.0. The van der Waals surface area contributed by atoms with Gasteiger partial charge in [0.15, 0.2) is 0 Å². The predicted octanol–water partition coefficient (Wildman–Crippen LogP) is 11.5. The average Bonchev–Trinajstić information content (AvgIpc) is 3.31. The van der Waals surface area contributed by atoms with Crippen molar-refractivity contribution in [2.75, 3.05) is 6.54 Å². The van der Waals surface area contributed by atoms with Gasteiger partial charge in [-0.15, -0.1) is 6.58 Å². The third kappa shape index (κ3) is 10.2. The normalized spacial score (nSPS) is 25.9. The highest BCUT2D eigenvalue weighted by Crippen LogP contribution is 2.73. The van der Waals surface area contributed by atoms with Gasteiger partial charge in [0.1, 0.15) is 0 Å². The van der Waals surface area contributed by atoms with Gasteiger partial charge in [0.25, 0.3) is 0 Å². The summed E-state index contributed by atoms with van der Waals surface area (Å²) in [5.74, 6) is 3.98. The number of unbranched alkanes of at least 4 members (excludes halogenated alkanes) is 1. The minimum Gasteiger partial charge on any atom is -0.382 e. The second-order valence-corrected chi connectivity index (χ2v) is 16.5. The molecular formula is C43H75N3. The van der Waals surface area contributed by atoms with E-state index in [-0.39, 0.29) is 17.5 Å². The van der Waals surface area contributed by atoms with Crippen molar-refractivity contribution >= 4 is 0 Å². The van der Waals surface area contributed by atoms with Crippen molar-refractivity contribution in [2.45, 2.75) is 145 Å². The van der Waals surface area contributed by atoms with Crippen molar-refractivity contribution in [3.63, 3.8) is 0 Å². The molecule has 46 heavy (non-hydrogen) atoms. The van der Waals surface area contributed by atoms with Crippen LogP contribution in [0, 0.1) is 46.3 Å². The molecule has 3 aliphatic carbocycles. The molecule has 3 aliphatic rings. The minimum atomic E-state index is 0.127. The zero-order valence-electron chi connectivity index (χ0n) is 31.9. The maximum atomic E-state index is 4.85. The molecule has 7 unspecified atom stereocenters. The van der Waals surface area contributed by atoms with Crippen LogP contribution in [0.15, 0.2) is 73.8 Å². The number of hydrogen-bond donors (Lipinski definition) is 3. The first-order chi connectivity index (χ1) is 21.6. The lowest BCUT2D eigenvalue weighted by Crippen LogP contribution is -2.47. The molecule has 3 N–H and O–H groups in total. The van der Waals surface area contributed by atoms with E-state index < -0.39 is 0 Å². The maximum absolute atomic E-state index is 4.85. The van der Waals surface area contributed by atoms with Crippen LogP contribution in [0.4, 0.5) is 0 Å². The minimum absolute atomic E-state index is 0.127. The summed E-state index contributed by atoms with van der Waals surface area (Å²) in [7, 11) is 0. The van der Waals surface area contributed by atoms with E-state index in [0.717, 1.165) is 59.7 Å². The van der Waals surface area contributed by atoms with Crippen LogP contribution in [0.3, 0.4) is 0 Å². The summed E-state index contributed by atoms with van der Waals surface area (Å²) in [6.45, 7) is 47.9. The Balaban J connectivity index is 0.000000812. The van der Waals surface area contributed by atoms with Crippen LogP contribution >= 0.6 is 0 Å². The largest absolute Gasteiger partial charge is 0.382 e. The molecule has 3 rings (SSSR count). The molecule has 3 heteroatoms. The van der Waals surface area contributed by atoms with Crippen LogP contribution in [-0.4, -0.2) is 18.6 Å². The van der Waals surface area contributed by atoms with E-state index in [9.17, 15) is 0 Å². The van der Waals surface area contributed by atoms with E-state index in [1.54, 1.807) is 0 Å². The topological polar surface area (TPSA) is 36.1 Å². The first-order valence-electron chi connectivity index (χ1n) is 18.9. The summed E-state index contributed by atoms with van der Waals surface area (Å²) in [6.07, 6.45) is 15.6. The van der Waals surface area contributed by atoms with Crippen molar-refractivity contribution in [1.29, 1.82) is 0 Å². The standard InChI is InChI=1S/C35H57N3.C8H18/c1-12-14-18-30(24(5)26(7)36-21-13-2)38-27(8)31-28(22-29-32(31)34(29,9)10)25(6)33(37-23(3)4)35(11)19-16-15-17-20-35;1-5-6-8(4)7(2)3/h13,28-33,36-38H,2-3,5-8,12,14-22H2,1,4,9-11H3;7-8H,5-6H2,1-4H3. The summed E-state index contributed by atoms with van der Waals surface area (Å²) in [6, 6.07) is 0.386. The zero-order chi connectivity index (χ0) is 34.8. The molecule has 0 saturated heterocycles. The van der Waals surface area contributed by atoms with Gasteiger partial charge >= 0.3 is 0 Å². The monoisotopic (exact) mass is 634 g/mol. The van der Waals surface area contributed by atoms with Crippen molar-refractivity contribution in [3.8, 4) is 0 Å². The molecule has 0 aliphatic heterocycles. The van der Waals surface area contributed by atoms with Crippen molar-refractivity contribution < 1.29 is 0 Å². The molecule has 0 aromatic carbocycles. The lowest BCUT2D eigenvalue weighted by Gasteiger charge is -2.45. The Hall–Kier alpha value is -2.16. The highest BCUT2D eigenvalue weighted by atomic mass is 15.0. The molecule has 0 aromatic rings. The Bertz CT molecular complexity index is 1050. The first-order valence-corrected chi connectivity index (χ1v) is 18.9. The fraction of sp³-hybridized carbons (Fsp3) is 0.721. The smallest absolute Gasteiger partial charge is 0.0525 e. The van der Waals surface area contributed by atoms with Crippen molar-refractivity contribution in [2.24, 2.45) is 46.3 Å². The molecular weight excluding hydrogens is 558 g/mol. The Morgan fingerprint density at radius 2 is 1.52 bits per heavy atom. The van der Waals surface area contributed by atoms with Crippen molar-refractivity contribution in [3.05, 3.63) is 73.8 Å². The van der Waals surface area contributed by atoms with Crippen LogP contribution < -0.4 is 16.0 Å². The van der Waals surface area contributed by atoms with E-state index >= 15 is 0 Å². The average molecular weight is 634 g/mol. The van der Waals surface area contributed by atoms with Crippen LogP contribution in [0.5, 0.6) is 0 Å². The molecule has 0 aromatic heterocycles. The molecule has 262 valence electrons. The highest BCUT2D eigenvalue weighted by molar-refractivity contribution is 5.34. The van der Waals surface area contributed by atoms with Gasteiger partial charge in [-0.3, -0.25) is 0 Å². The molecule has 0 spiro atoms. The van der Waals surface area contributed by atoms with E-state index in [2.05, 4.69) is 105 Å². The fourth-order valence-corrected chi connectivity index (χ4v) is 8.65. The van der Waals surface area contributed by atoms with Crippen molar-refractivity contribution in [1.82, 2.24) is 16.0 Å². The number of hydrogen-bond acceptors (Lipinski definition) is 3. The summed E-state index contributed by atoms with van der Waals surface area (Å²) in [5.41, 5.74) is 6.08. The van der Waals surface area contributed by atoms with Crippen LogP contribution in [0.1, 0.15) is 133 Å². The summed E-state index contributed by atoms with van der Waals surface area (Å²) in [4.78, 5) is 0. The number of nitrogens with one attached hydrogen (secondary N) is 3. The van der Waals surface area contributed by atoms with Crippen LogP contribution in [0.2, 0.25) is 0 Å². The van der Waals surface area contributed by atoms with Gasteiger partial charge in [-0.2, -0.15) is 0 Å². The zero-order valence-corrected chi connectivity index (χ0v) is 31.9. The van der Waals surface area contributed by atoms with Gasteiger partial charge in [-0.1, -0.05) is 145 Å². The summed E-state index contributed by atoms with van der Waals surface area (Å²) >= 11 is 0. The van der Waals surface area contributed by atoms with Gasteiger partial charge in [0.2, 0.25) is 0 Å². The Kier molecular flexibility index (Phi) is 15.5. The van der Waals surface area contributed by atoms with Crippen LogP contribution in [0.25, 0.3) is 0 Å². The van der Waals surface area contributed by atoms with Gasteiger partial charge in [0, 0.05) is 29.6 Å².